The molecule has 2 heteroatoms. The number of hydrogen-bond acceptors (Lipinski definition) is 1. The van der Waals surface area contributed by atoms with Crippen LogP contribution in [-0.2, 0) is 6.42 Å². The van der Waals surface area contributed by atoms with Crippen molar-refractivity contribution >= 4 is 5.91 Å². The van der Waals surface area contributed by atoms with Crippen LogP contribution in [-0.4, -0.2) is 24.4 Å². The van der Waals surface area contributed by atoms with Gasteiger partial charge in [-0.15, -0.1) is 0 Å². The van der Waals surface area contributed by atoms with Crippen molar-refractivity contribution in [1.29, 1.82) is 0 Å². The summed E-state index contributed by atoms with van der Waals surface area (Å²) in [6.07, 6.45) is 3.17. The second-order valence-corrected chi connectivity index (χ2v) is 6.52. The van der Waals surface area contributed by atoms with Crippen LogP contribution in [0.4, 0.5) is 0 Å². The van der Waals surface area contributed by atoms with Gasteiger partial charge in [-0.2, -0.15) is 0 Å². The summed E-state index contributed by atoms with van der Waals surface area (Å²) < 4.78 is 0. The van der Waals surface area contributed by atoms with Crippen molar-refractivity contribution in [2.75, 3.05) is 13.6 Å². The summed E-state index contributed by atoms with van der Waals surface area (Å²) in [5.41, 5.74) is 2.29. The van der Waals surface area contributed by atoms with Gasteiger partial charge in [-0.1, -0.05) is 46.2 Å². The van der Waals surface area contributed by atoms with Crippen molar-refractivity contribution in [3.63, 3.8) is 0 Å². The third-order valence-corrected chi connectivity index (χ3v) is 3.10. The third-order valence-electron chi connectivity index (χ3n) is 3.10. The maximum atomic E-state index is 12.3. The molecule has 0 bridgehead atoms. The molecule has 0 spiro atoms. The van der Waals surface area contributed by atoms with Crippen LogP contribution in [0.3, 0.4) is 0 Å². The number of carbonyl (C=O) groups is 1. The highest BCUT2D eigenvalue weighted by atomic mass is 16.2. The van der Waals surface area contributed by atoms with Crippen molar-refractivity contribution in [1.82, 2.24) is 4.90 Å². The molecule has 106 valence electrons. The highest BCUT2D eigenvalue weighted by Gasteiger charge is 2.14. The molecule has 0 saturated carbocycles. The van der Waals surface area contributed by atoms with Crippen LogP contribution < -0.4 is 0 Å². The summed E-state index contributed by atoms with van der Waals surface area (Å²) in [6, 6.07) is 8.04. The van der Waals surface area contributed by atoms with Crippen LogP contribution in [0.1, 0.15) is 56.5 Å². The zero-order valence-corrected chi connectivity index (χ0v) is 13.0. The molecule has 0 aliphatic rings. The standard InChI is InChI=1S/C17H27NO/c1-6-7-11-18(5)16(19)15-10-8-9-14(12-15)13-17(2,3)4/h8-10,12H,6-7,11,13H2,1-5H3. The molecule has 0 atom stereocenters. The van der Waals surface area contributed by atoms with Crippen molar-refractivity contribution in [2.24, 2.45) is 5.41 Å². The van der Waals surface area contributed by atoms with Crippen LogP contribution in [0.25, 0.3) is 0 Å². The lowest BCUT2D eigenvalue weighted by atomic mass is 9.87. The molecule has 0 unspecified atom stereocenters. The number of benzene rings is 1. The van der Waals surface area contributed by atoms with Crippen molar-refractivity contribution in [2.45, 2.75) is 47.0 Å². The first-order chi connectivity index (χ1) is 8.83. The van der Waals surface area contributed by atoms with E-state index in [9.17, 15) is 4.79 Å². The van der Waals surface area contributed by atoms with Crippen LogP contribution in [0.2, 0.25) is 0 Å². The quantitative estimate of drug-likeness (QED) is 0.780. The molecule has 1 aromatic rings. The third kappa shape index (κ3) is 5.46. The molecule has 0 aromatic heterocycles. The fourth-order valence-electron chi connectivity index (χ4n) is 2.14. The van der Waals surface area contributed by atoms with E-state index in [4.69, 9.17) is 0 Å². The number of hydrogen-bond donors (Lipinski definition) is 0. The molecule has 0 heterocycles. The summed E-state index contributed by atoms with van der Waals surface area (Å²) in [4.78, 5) is 14.1. The molecule has 1 rings (SSSR count). The second-order valence-electron chi connectivity index (χ2n) is 6.52. The molecule has 0 saturated heterocycles. The number of rotatable bonds is 5. The lowest BCUT2D eigenvalue weighted by Gasteiger charge is -2.20. The van der Waals surface area contributed by atoms with Gasteiger partial charge in [-0.05, 0) is 36.0 Å². The summed E-state index contributed by atoms with van der Waals surface area (Å²) in [6.45, 7) is 9.62. The van der Waals surface area contributed by atoms with Crippen LogP contribution in [0.15, 0.2) is 24.3 Å². The van der Waals surface area contributed by atoms with Gasteiger partial charge in [0.1, 0.15) is 0 Å². The van der Waals surface area contributed by atoms with Gasteiger partial charge in [0.2, 0.25) is 0 Å². The molecule has 0 aliphatic carbocycles. The Labute approximate surface area is 117 Å². The predicted molar refractivity (Wildman–Crippen MR) is 81.5 cm³/mol. The first kappa shape index (κ1) is 15.7. The monoisotopic (exact) mass is 261 g/mol. The minimum Gasteiger partial charge on any atom is -0.342 e. The second kappa shape index (κ2) is 6.74. The maximum Gasteiger partial charge on any atom is 0.253 e. The highest BCUT2D eigenvalue weighted by Crippen LogP contribution is 2.21. The molecule has 2 nitrogen and oxygen atoms in total. The average Bonchev–Trinajstić information content (AvgIpc) is 2.33. The average molecular weight is 261 g/mol. The van der Waals surface area contributed by atoms with E-state index >= 15 is 0 Å². The molecule has 0 fully saturated rings. The van der Waals surface area contributed by atoms with E-state index in [0.717, 1.165) is 31.4 Å². The minimum absolute atomic E-state index is 0.129. The molecule has 0 N–H and O–H groups in total. The highest BCUT2D eigenvalue weighted by molar-refractivity contribution is 5.94. The van der Waals surface area contributed by atoms with E-state index in [1.807, 2.05) is 30.1 Å². The van der Waals surface area contributed by atoms with Crippen LogP contribution in [0.5, 0.6) is 0 Å². The molecule has 0 radical (unpaired) electrons. The Morgan fingerprint density at radius 1 is 1.26 bits per heavy atom. The van der Waals surface area contributed by atoms with E-state index in [2.05, 4.69) is 33.8 Å². The largest absolute Gasteiger partial charge is 0.342 e. The zero-order valence-electron chi connectivity index (χ0n) is 13.0. The smallest absolute Gasteiger partial charge is 0.253 e. The summed E-state index contributed by atoms with van der Waals surface area (Å²) in [5, 5.41) is 0. The normalized spacial score (nSPS) is 11.4. The Balaban J connectivity index is 2.78. The van der Waals surface area contributed by atoms with E-state index in [1.54, 1.807) is 0 Å². The predicted octanol–water partition coefficient (Wildman–Crippen LogP) is 4.15. The minimum atomic E-state index is 0.129. The van der Waals surface area contributed by atoms with Gasteiger partial charge < -0.3 is 4.90 Å². The van der Waals surface area contributed by atoms with E-state index in [1.165, 1.54) is 5.56 Å². The Kier molecular flexibility index (Phi) is 5.59. The summed E-state index contributed by atoms with van der Waals surface area (Å²) >= 11 is 0. The SMILES string of the molecule is CCCCN(C)C(=O)c1cccc(CC(C)(C)C)c1. The van der Waals surface area contributed by atoms with Gasteiger partial charge in [0, 0.05) is 19.2 Å². The van der Waals surface area contributed by atoms with Crippen LogP contribution in [0, 0.1) is 5.41 Å². The van der Waals surface area contributed by atoms with Crippen LogP contribution >= 0.6 is 0 Å². The van der Waals surface area contributed by atoms with E-state index in [0.29, 0.717) is 0 Å². The number of carbonyl (C=O) groups excluding carboxylic acids is 1. The van der Waals surface area contributed by atoms with Gasteiger partial charge in [0.05, 0.1) is 0 Å². The Morgan fingerprint density at radius 2 is 1.95 bits per heavy atom. The number of amides is 1. The Morgan fingerprint density at radius 3 is 2.53 bits per heavy atom. The zero-order chi connectivity index (χ0) is 14.5. The van der Waals surface area contributed by atoms with E-state index in [-0.39, 0.29) is 11.3 Å². The van der Waals surface area contributed by atoms with Gasteiger partial charge in [0.15, 0.2) is 0 Å². The van der Waals surface area contributed by atoms with Crippen molar-refractivity contribution < 1.29 is 4.79 Å². The Bertz CT molecular complexity index is 418. The lowest BCUT2D eigenvalue weighted by Crippen LogP contribution is -2.27. The molecule has 19 heavy (non-hydrogen) atoms. The van der Waals surface area contributed by atoms with Gasteiger partial charge >= 0.3 is 0 Å². The molecular formula is C17H27NO. The summed E-state index contributed by atoms with van der Waals surface area (Å²) in [5.74, 6) is 0.129. The van der Waals surface area contributed by atoms with Crippen molar-refractivity contribution in [3.05, 3.63) is 35.4 Å². The lowest BCUT2D eigenvalue weighted by molar-refractivity contribution is 0.0793. The molecular weight excluding hydrogens is 234 g/mol. The number of nitrogens with zero attached hydrogens (tertiary/aromatic N) is 1. The molecule has 1 amide bonds. The number of unbranched alkanes of at least 4 members (excludes halogenated alkanes) is 1. The van der Waals surface area contributed by atoms with Gasteiger partial charge in [-0.3, -0.25) is 4.79 Å². The van der Waals surface area contributed by atoms with Gasteiger partial charge in [0.25, 0.3) is 5.91 Å². The van der Waals surface area contributed by atoms with E-state index < -0.39 is 0 Å². The fourth-order valence-corrected chi connectivity index (χ4v) is 2.14. The summed E-state index contributed by atoms with van der Waals surface area (Å²) in [7, 11) is 1.88. The topological polar surface area (TPSA) is 20.3 Å². The first-order valence-electron chi connectivity index (χ1n) is 7.18. The first-order valence-corrected chi connectivity index (χ1v) is 7.18. The molecule has 0 aliphatic heterocycles. The molecule has 1 aromatic carbocycles. The maximum absolute atomic E-state index is 12.3. The Hall–Kier alpha value is -1.31. The van der Waals surface area contributed by atoms with Crippen molar-refractivity contribution in [3.8, 4) is 0 Å². The van der Waals surface area contributed by atoms with Gasteiger partial charge in [-0.25, -0.2) is 0 Å². The fraction of sp³-hybridized carbons (Fsp3) is 0.588.